The molecule has 0 bridgehead atoms. The van der Waals surface area contributed by atoms with Crippen molar-refractivity contribution < 1.29 is 28.6 Å². The van der Waals surface area contributed by atoms with Crippen LogP contribution in [0.25, 0.3) is 0 Å². The third-order valence-corrected chi connectivity index (χ3v) is 4.66. The molecule has 8 heteroatoms. The highest BCUT2D eigenvalue weighted by atomic mass is 16.7. The van der Waals surface area contributed by atoms with Gasteiger partial charge in [0.15, 0.2) is 6.61 Å². The molecule has 0 saturated heterocycles. The van der Waals surface area contributed by atoms with Crippen LogP contribution < -0.4 is 20.1 Å². The summed E-state index contributed by atoms with van der Waals surface area (Å²) in [6.07, 6.45) is -0.793. The molecule has 0 aliphatic rings. The molecule has 3 aromatic carbocycles. The van der Waals surface area contributed by atoms with Gasteiger partial charge in [0.05, 0.1) is 6.61 Å². The number of carbonyl (C=O) groups excluding carboxylic acids is 3. The molecule has 0 radical (unpaired) electrons. The fraction of sp³-hybridized carbons (Fsp3) is 0.192. The molecule has 2 N–H and O–H groups in total. The molecule has 0 aliphatic carbocycles. The van der Waals surface area contributed by atoms with Crippen LogP contribution in [0, 0.1) is 6.92 Å². The summed E-state index contributed by atoms with van der Waals surface area (Å²) >= 11 is 0. The molecule has 0 spiro atoms. The molecule has 2 amide bonds. The molecule has 0 atom stereocenters. The molecular weight excluding hydrogens is 436 g/mol. The van der Waals surface area contributed by atoms with E-state index in [1.165, 1.54) is 12.1 Å². The van der Waals surface area contributed by atoms with Crippen molar-refractivity contribution in [3.8, 4) is 11.5 Å². The van der Waals surface area contributed by atoms with Crippen molar-refractivity contribution in [3.63, 3.8) is 0 Å². The average molecular weight is 463 g/mol. The number of hydrogen-bond donors (Lipinski definition) is 2. The summed E-state index contributed by atoms with van der Waals surface area (Å²) in [4.78, 5) is 35.8. The van der Waals surface area contributed by atoms with Crippen molar-refractivity contribution in [1.29, 1.82) is 0 Å². The second-order valence-electron chi connectivity index (χ2n) is 7.34. The van der Waals surface area contributed by atoms with Gasteiger partial charge in [0.1, 0.15) is 11.5 Å². The number of amides is 2. The highest BCUT2D eigenvalue weighted by molar-refractivity contribution is 5.94. The van der Waals surface area contributed by atoms with E-state index in [0.717, 1.165) is 11.1 Å². The van der Waals surface area contributed by atoms with Gasteiger partial charge in [-0.3, -0.25) is 9.59 Å². The highest BCUT2D eigenvalue weighted by Crippen LogP contribution is 2.14. The third kappa shape index (κ3) is 7.67. The van der Waals surface area contributed by atoms with Crippen LogP contribution in [0.15, 0.2) is 72.8 Å². The van der Waals surface area contributed by atoms with E-state index >= 15 is 0 Å². The molecule has 0 unspecified atom stereocenters. The van der Waals surface area contributed by atoms with Gasteiger partial charge in [-0.2, -0.15) is 0 Å². The number of carbonyl (C=O) groups is 3. The second-order valence-corrected chi connectivity index (χ2v) is 7.34. The van der Waals surface area contributed by atoms with Crippen molar-refractivity contribution in [3.05, 3.63) is 89.5 Å². The zero-order valence-electron chi connectivity index (χ0n) is 19.0. The van der Waals surface area contributed by atoms with Gasteiger partial charge in [-0.15, -0.1) is 0 Å². The van der Waals surface area contributed by atoms with Crippen LogP contribution in [-0.2, 0) is 16.1 Å². The number of hydrogen-bond acceptors (Lipinski definition) is 6. The fourth-order valence-corrected chi connectivity index (χ4v) is 2.89. The summed E-state index contributed by atoms with van der Waals surface area (Å²) in [5.41, 5.74) is 3.04. The maximum atomic E-state index is 12.4. The first-order valence-electron chi connectivity index (χ1n) is 10.7. The molecule has 0 aliphatic heterocycles. The summed E-state index contributed by atoms with van der Waals surface area (Å²) in [6.45, 7) is 4.10. The van der Waals surface area contributed by atoms with Crippen LogP contribution in [-0.4, -0.2) is 31.2 Å². The molecule has 176 valence electrons. The summed E-state index contributed by atoms with van der Waals surface area (Å²) in [5.74, 6) is 0.384. The molecule has 3 rings (SSSR count). The smallest absolute Gasteiger partial charge is 0.484 e. The second kappa shape index (κ2) is 12.1. The van der Waals surface area contributed by atoms with Crippen molar-refractivity contribution in [2.75, 3.05) is 18.5 Å². The van der Waals surface area contributed by atoms with Crippen LogP contribution in [0.5, 0.6) is 11.5 Å². The predicted molar refractivity (Wildman–Crippen MR) is 127 cm³/mol. The van der Waals surface area contributed by atoms with Crippen molar-refractivity contribution in [2.24, 2.45) is 0 Å². The SMILES string of the molecule is CCOC(=O)Oc1ccc(C(=O)NCc2ccc(NC(=O)COc3ccc(C)cc3)cc2)cc1. The van der Waals surface area contributed by atoms with Gasteiger partial charge in [0, 0.05) is 17.8 Å². The predicted octanol–water partition coefficient (Wildman–Crippen LogP) is 4.48. The van der Waals surface area contributed by atoms with Crippen molar-refractivity contribution >= 4 is 23.7 Å². The van der Waals surface area contributed by atoms with Crippen LogP contribution in [0.2, 0.25) is 0 Å². The Kier molecular flexibility index (Phi) is 8.62. The third-order valence-electron chi connectivity index (χ3n) is 4.66. The van der Waals surface area contributed by atoms with Gasteiger partial charge in [0.25, 0.3) is 11.8 Å². The van der Waals surface area contributed by atoms with Gasteiger partial charge in [0.2, 0.25) is 0 Å². The summed E-state index contributed by atoms with van der Waals surface area (Å²) in [6, 6.07) is 20.8. The maximum Gasteiger partial charge on any atom is 0.513 e. The Morgan fingerprint density at radius 2 is 1.47 bits per heavy atom. The summed E-state index contributed by atoms with van der Waals surface area (Å²) < 4.78 is 15.1. The normalized spacial score (nSPS) is 10.2. The van der Waals surface area contributed by atoms with E-state index in [9.17, 15) is 14.4 Å². The van der Waals surface area contributed by atoms with E-state index in [1.54, 1.807) is 31.2 Å². The molecule has 3 aromatic rings. The zero-order chi connectivity index (χ0) is 24.3. The van der Waals surface area contributed by atoms with E-state index in [0.29, 0.717) is 23.5 Å². The van der Waals surface area contributed by atoms with Gasteiger partial charge >= 0.3 is 6.16 Å². The lowest BCUT2D eigenvalue weighted by Crippen LogP contribution is -2.23. The number of anilines is 1. The fourth-order valence-electron chi connectivity index (χ4n) is 2.89. The first-order valence-corrected chi connectivity index (χ1v) is 10.7. The molecule has 0 saturated carbocycles. The molecular formula is C26H26N2O6. The zero-order valence-corrected chi connectivity index (χ0v) is 19.0. The van der Waals surface area contributed by atoms with Gasteiger partial charge in [-0.25, -0.2) is 4.79 Å². The molecule has 0 heterocycles. The maximum absolute atomic E-state index is 12.4. The van der Waals surface area contributed by atoms with Crippen molar-refractivity contribution in [1.82, 2.24) is 5.32 Å². The first-order chi connectivity index (χ1) is 16.4. The Balaban J connectivity index is 1.43. The molecule has 0 aromatic heterocycles. The quantitative estimate of drug-likeness (QED) is 0.359. The Morgan fingerprint density at radius 1 is 0.824 bits per heavy atom. The summed E-state index contributed by atoms with van der Waals surface area (Å²) in [7, 11) is 0. The van der Waals surface area contributed by atoms with E-state index in [1.807, 2.05) is 43.3 Å². The monoisotopic (exact) mass is 462 g/mol. The number of rotatable bonds is 9. The first kappa shape index (κ1) is 24.3. The van der Waals surface area contributed by atoms with Gasteiger partial charge in [-0.05, 0) is 67.9 Å². The van der Waals surface area contributed by atoms with E-state index < -0.39 is 6.16 Å². The topological polar surface area (TPSA) is 103 Å². The summed E-state index contributed by atoms with van der Waals surface area (Å²) in [5, 5.41) is 5.59. The van der Waals surface area contributed by atoms with E-state index in [4.69, 9.17) is 14.2 Å². The minimum Gasteiger partial charge on any atom is -0.484 e. The Labute approximate surface area is 197 Å². The van der Waals surface area contributed by atoms with Crippen LogP contribution in [0.3, 0.4) is 0 Å². The number of aryl methyl sites for hydroxylation is 1. The van der Waals surface area contributed by atoms with E-state index in [2.05, 4.69) is 10.6 Å². The van der Waals surface area contributed by atoms with Crippen LogP contribution >= 0.6 is 0 Å². The number of benzene rings is 3. The lowest BCUT2D eigenvalue weighted by atomic mass is 10.1. The lowest BCUT2D eigenvalue weighted by molar-refractivity contribution is -0.118. The minimum absolute atomic E-state index is 0.0928. The van der Waals surface area contributed by atoms with Crippen molar-refractivity contribution in [2.45, 2.75) is 20.4 Å². The van der Waals surface area contributed by atoms with Crippen LogP contribution in [0.1, 0.15) is 28.4 Å². The lowest BCUT2D eigenvalue weighted by Gasteiger charge is -2.09. The Bertz CT molecular complexity index is 1110. The molecule has 8 nitrogen and oxygen atoms in total. The average Bonchev–Trinajstić information content (AvgIpc) is 2.83. The Morgan fingerprint density at radius 3 is 2.12 bits per heavy atom. The van der Waals surface area contributed by atoms with Gasteiger partial charge < -0.3 is 24.8 Å². The van der Waals surface area contributed by atoms with Gasteiger partial charge in [-0.1, -0.05) is 29.8 Å². The van der Waals surface area contributed by atoms with E-state index in [-0.39, 0.29) is 30.8 Å². The Hall–Kier alpha value is -4.33. The standard InChI is InChI=1S/C26H26N2O6/c1-3-32-26(31)34-23-14-8-20(9-15-23)25(30)27-16-19-6-10-21(11-7-19)28-24(29)17-33-22-12-4-18(2)5-13-22/h4-15H,3,16-17H2,1-2H3,(H,27,30)(H,28,29). The molecule has 0 fully saturated rings. The molecule has 34 heavy (non-hydrogen) atoms. The number of ether oxygens (including phenoxy) is 3. The number of nitrogens with one attached hydrogen (secondary N) is 2. The largest absolute Gasteiger partial charge is 0.513 e. The minimum atomic E-state index is -0.793. The highest BCUT2D eigenvalue weighted by Gasteiger charge is 2.09. The van der Waals surface area contributed by atoms with Crippen LogP contribution in [0.4, 0.5) is 10.5 Å².